The lowest BCUT2D eigenvalue weighted by molar-refractivity contribution is 0.112. The molecule has 0 aliphatic heterocycles. The minimum absolute atomic E-state index is 0.163. The first kappa shape index (κ1) is 22.0. The normalized spacial score (nSPS) is 11.7. The number of aromatic nitrogens is 1. The van der Waals surface area contributed by atoms with Crippen molar-refractivity contribution in [2.45, 2.75) is 0 Å². The van der Waals surface area contributed by atoms with Crippen LogP contribution in [0.25, 0.3) is 16.7 Å². The number of carbonyl (C=O) groups is 1. The Morgan fingerprint density at radius 1 is 0.639 bits per heavy atom. The zero-order chi connectivity index (χ0) is 24.7. The van der Waals surface area contributed by atoms with Crippen molar-refractivity contribution in [1.29, 1.82) is 0 Å². The molecule has 36 heavy (non-hydrogen) atoms. The van der Waals surface area contributed by atoms with Crippen molar-refractivity contribution in [3.05, 3.63) is 147 Å². The summed E-state index contributed by atoms with van der Waals surface area (Å²) in [6.07, 6.45) is 0.477. The van der Waals surface area contributed by atoms with Crippen molar-refractivity contribution in [2.75, 3.05) is 0 Å². The van der Waals surface area contributed by atoms with E-state index in [2.05, 4.69) is 0 Å². The maximum Gasteiger partial charge on any atom is 0.349 e. The van der Waals surface area contributed by atoms with Crippen LogP contribution in [0.1, 0.15) is 10.4 Å². The monoisotopic (exact) mass is 489 g/mol. The van der Waals surface area contributed by atoms with Crippen molar-refractivity contribution in [2.24, 2.45) is 0 Å². The molecule has 0 N–H and O–H groups in total. The molecule has 0 amide bonds. The fourth-order valence-corrected chi connectivity index (χ4v) is 9.22. The van der Waals surface area contributed by atoms with Gasteiger partial charge in [-0.2, -0.15) is 0 Å². The number of carbonyl (C=O) groups excluding carboxylic acids is 1. The molecule has 2 heterocycles. The molecule has 6 heteroatoms. The van der Waals surface area contributed by atoms with Gasteiger partial charge in [-0.15, -0.1) is 0 Å². The highest BCUT2D eigenvalue weighted by Gasteiger charge is 2.35. The average molecular weight is 489 g/mol. The van der Waals surface area contributed by atoms with Crippen LogP contribution in [0.3, 0.4) is 0 Å². The number of benzene rings is 4. The Hall–Kier alpha value is -4.47. The summed E-state index contributed by atoms with van der Waals surface area (Å²) in [6, 6.07) is 36.9. The van der Waals surface area contributed by atoms with E-state index in [4.69, 9.17) is 4.42 Å². The topological polar surface area (TPSA) is 69.3 Å². The summed E-state index contributed by atoms with van der Waals surface area (Å²) in [6.45, 7) is -2.67. The highest BCUT2D eigenvalue weighted by Crippen LogP contribution is 2.48. The molecule has 0 aliphatic rings. The van der Waals surface area contributed by atoms with Crippen molar-refractivity contribution >= 4 is 40.1 Å². The third kappa shape index (κ3) is 3.21. The van der Waals surface area contributed by atoms with Gasteiger partial charge in [0, 0.05) is 12.3 Å². The zero-order valence-electron chi connectivity index (χ0n) is 19.1. The van der Waals surface area contributed by atoms with Crippen LogP contribution in [0.2, 0.25) is 0 Å². The molecule has 4 aromatic carbocycles. The Morgan fingerprint density at radius 3 is 1.61 bits per heavy atom. The fraction of sp³-hybridized carbons (Fsp3) is 0. The number of para-hydroxylation sites is 1. The lowest BCUT2D eigenvalue weighted by Crippen LogP contribution is -2.25. The van der Waals surface area contributed by atoms with Crippen molar-refractivity contribution in [1.82, 2.24) is 4.57 Å². The number of hydrogen-bond donors (Lipinski definition) is 0. The van der Waals surface area contributed by atoms with Crippen LogP contribution in [0.15, 0.2) is 129 Å². The molecular formula is C30H20NO4P. The van der Waals surface area contributed by atoms with Crippen molar-refractivity contribution < 1.29 is 9.21 Å². The quantitative estimate of drug-likeness (QED) is 0.207. The second kappa shape index (κ2) is 8.63. The SMILES string of the molecule is O=Cc1c(-n2c(=O)c2=P(c2ccccc2)(c2ccccc2)c2ccccc2)c2ccccc2oc1=O. The van der Waals surface area contributed by atoms with E-state index in [1.807, 2.05) is 91.0 Å². The standard InChI is InChI=1S/C30H20NO4P/c32-20-25-27(24-18-10-11-19-26(24)35-30(25)34)31-28(33)29(31)36(21-12-4-1-5-13-21,22-14-6-2-7-15-22)23-16-8-3-9-17-23/h1-20H. The van der Waals surface area contributed by atoms with Crippen LogP contribution in [0, 0.1) is 5.07 Å². The largest absolute Gasteiger partial charge is 0.422 e. The van der Waals surface area contributed by atoms with Gasteiger partial charge in [-0.05, 0) is 28.0 Å². The smallest absolute Gasteiger partial charge is 0.349 e. The molecule has 0 aliphatic carbocycles. The van der Waals surface area contributed by atoms with Gasteiger partial charge in [-0.3, -0.25) is 14.2 Å². The first-order chi connectivity index (χ1) is 17.7. The van der Waals surface area contributed by atoms with E-state index in [0.29, 0.717) is 22.3 Å². The zero-order valence-corrected chi connectivity index (χ0v) is 20.0. The first-order valence-electron chi connectivity index (χ1n) is 11.5. The lowest BCUT2D eigenvalue weighted by Gasteiger charge is -2.26. The Morgan fingerprint density at radius 2 is 1.11 bits per heavy atom. The Bertz CT molecular complexity index is 1790. The van der Waals surface area contributed by atoms with E-state index < -0.39 is 12.5 Å². The molecule has 0 atom stereocenters. The molecule has 6 aromatic rings. The third-order valence-corrected chi connectivity index (χ3v) is 10.7. The number of hydrogen-bond acceptors (Lipinski definition) is 4. The molecule has 0 spiro atoms. The molecule has 174 valence electrons. The highest BCUT2D eigenvalue weighted by molar-refractivity contribution is 7.89. The van der Waals surface area contributed by atoms with Crippen LogP contribution < -0.4 is 27.1 Å². The predicted molar refractivity (Wildman–Crippen MR) is 144 cm³/mol. The number of rotatable bonds is 5. The summed E-state index contributed by atoms with van der Waals surface area (Å²) < 4.78 is 6.93. The van der Waals surface area contributed by atoms with Gasteiger partial charge in [0.1, 0.15) is 16.2 Å². The molecule has 0 saturated carbocycles. The second-order valence-corrected chi connectivity index (χ2v) is 11.7. The van der Waals surface area contributed by atoms with Crippen LogP contribution in [-0.4, -0.2) is 10.9 Å². The molecule has 0 radical (unpaired) electrons. The second-order valence-electron chi connectivity index (χ2n) is 8.41. The van der Waals surface area contributed by atoms with E-state index in [0.717, 1.165) is 15.9 Å². The van der Waals surface area contributed by atoms with Gasteiger partial charge in [0.25, 0.3) is 5.56 Å². The molecule has 6 rings (SSSR count). The first-order valence-corrected chi connectivity index (χ1v) is 13.3. The maximum absolute atomic E-state index is 13.9. The number of aldehydes is 1. The lowest BCUT2D eigenvalue weighted by atomic mass is 10.1. The molecule has 0 fully saturated rings. The summed E-state index contributed by atoms with van der Waals surface area (Å²) >= 11 is 0. The maximum atomic E-state index is 13.9. The molecule has 0 unspecified atom stereocenters. The predicted octanol–water partition coefficient (Wildman–Crippen LogP) is 4.16. The molecule has 0 saturated heterocycles. The van der Waals surface area contributed by atoms with Gasteiger partial charge in [-0.25, -0.2) is 4.79 Å². The highest BCUT2D eigenvalue weighted by atomic mass is 31.2. The van der Waals surface area contributed by atoms with Crippen molar-refractivity contribution in [3.8, 4) is 5.69 Å². The summed E-state index contributed by atoms with van der Waals surface area (Å²) in [5, 5.41) is 4.13. The Balaban J connectivity index is 1.89. The van der Waals surface area contributed by atoms with Crippen LogP contribution >= 0.6 is 6.89 Å². The Labute approximate surface area is 206 Å². The van der Waals surface area contributed by atoms with Gasteiger partial charge in [0.2, 0.25) is 0 Å². The van der Waals surface area contributed by atoms with Crippen LogP contribution in [0.4, 0.5) is 0 Å². The summed E-state index contributed by atoms with van der Waals surface area (Å²) in [7, 11) is 0. The van der Waals surface area contributed by atoms with Crippen molar-refractivity contribution in [3.63, 3.8) is 0 Å². The molecule has 2 aromatic heterocycles. The van der Waals surface area contributed by atoms with Gasteiger partial charge >= 0.3 is 5.63 Å². The van der Waals surface area contributed by atoms with E-state index in [1.165, 1.54) is 0 Å². The number of nitrogens with zero attached hydrogens (tertiary/aromatic N) is 1. The van der Waals surface area contributed by atoms with Gasteiger partial charge < -0.3 is 4.42 Å². The van der Waals surface area contributed by atoms with E-state index >= 15 is 0 Å². The molecule has 5 nitrogen and oxygen atoms in total. The summed E-state index contributed by atoms with van der Waals surface area (Å²) in [5.41, 5.74) is -0.530. The van der Waals surface area contributed by atoms with E-state index in [9.17, 15) is 14.4 Å². The Kier molecular flexibility index (Phi) is 5.28. The minimum Gasteiger partial charge on any atom is -0.422 e. The van der Waals surface area contributed by atoms with Gasteiger partial charge in [-0.1, -0.05) is 103 Å². The fourth-order valence-electron chi connectivity index (χ4n) is 4.90. The molecular weight excluding hydrogens is 469 g/mol. The van der Waals surface area contributed by atoms with Crippen LogP contribution in [0.5, 0.6) is 0 Å². The third-order valence-electron chi connectivity index (χ3n) is 6.47. The molecule has 0 bridgehead atoms. The number of fused-ring (bicyclic) bond motifs is 1. The average Bonchev–Trinajstić information content (AvgIpc) is 3.60. The summed E-state index contributed by atoms with van der Waals surface area (Å²) in [5.74, 6) is 0. The minimum atomic E-state index is -2.67. The van der Waals surface area contributed by atoms with Gasteiger partial charge in [0.15, 0.2) is 6.29 Å². The van der Waals surface area contributed by atoms with E-state index in [1.54, 1.807) is 28.8 Å². The van der Waals surface area contributed by atoms with Gasteiger partial charge in [0.05, 0.1) is 5.69 Å². The summed E-state index contributed by atoms with van der Waals surface area (Å²) in [4.78, 5) is 38.7. The van der Waals surface area contributed by atoms with Crippen LogP contribution in [-0.2, 0) is 0 Å². The van der Waals surface area contributed by atoms with E-state index in [-0.39, 0.29) is 16.8 Å².